The van der Waals surface area contributed by atoms with Gasteiger partial charge in [0.05, 0.1) is 18.3 Å². The molecule has 0 radical (unpaired) electrons. The van der Waals surface area contributed by atoms with Crippen molar-refractivity contribution in [3.05, 3.63) is 63.8 Å². The molecule has 2 aliphatic heterocycles. The molecule has 0 amide bonds. The number of fused-ring (bicyclic) bond motifs is 1. The molecular formula is C34H47N3O. The summed E-state index contributed by atoms with van der Waals surface area (Å²) in [4.78, 5) is 23.2. The molecule has 0 N–H and O–H groups in total. The van der Waals surface area contributed by atoms with Crippen LogP contribution >= 0.6 is 0 Å². The van der Waals surface area contributed by atoms with Gasteiger partial charge in [-0.1, -0.05) is 58.4 Å². The Morgan fingerprint density at radius 1 is 1.13 bits per heavy atom. The summed E-state index contributed by atoms with van der Waals surface area (Å²) in [5.41, 5.74) is 11.1. The standard InChI is InChI=1S/C34H47N3O/c1-7-10-30(29-11-9-12-32-34(36-22-35-32)26(8-2)19-29)33(23(3)4)31-20-28(14-13-24(31)5)27-15-17-37(18-16-27)21-25(6)38/h11,13-14,19-20,22-23,27,32H,7-10,12,15-18,21H2,1-6H3/b26-19-,29-11+,33-30+. The van der Waals surface area contributed by atoms with Crippen LogP contribution in [0.4, 0.5) is 0 Å². The van der Waals surface area contributed by atoms with Gasteiger partial charge in [0.15, 0.2) is 0 Å². The quantitative estimate of drug-likeness (QED) is 0.337. The number of likely N-dealkylation sites (tertiary alicyclic amines) is 1. The van der Waals surface area contributed by atoms with Gasteiger partial charge in [-0.15, -0.1) is 0 Å². The van der Waals surface area contributed by atoms with Crippen molar-refractivity contribution in [1.82, 2.24) is 4.90 Å². The van der Waals surface area contributed by atoms with Crippen molar-refractivity contribution in [2.24, 2.45) is 15.9 Å². The van der Waals surface area contributed by atoms with Crippen LogP contribution in [0.25, 0.3) is 5.57 Å². The van der Waals surface area contributed by atoms with Crippen LogP contribution in [0.3, 0.4) is 0 Å². The third kappa shape index (κ3) is 6.51. The second-order valence-corrected chi connectivity index (χ2v) is 11.7. The number of nitrogens with zero attached hydrogens (tertiary/aromatic N) is 3. The number of piperidine rings is 1. The molecule has 1 aromatic rings. The topological polar surface area (TPSA) is 45.0 Å². The van der Waals surface area contributed by atoms with Crippen LogP contribution in [0.2, 0.25) is 0 Å². The number of ketones is 1. The van der Waals surface area contributed by atoms with E-state index < -0.39 is 0 Å². The van der Waals surface area contributed by atoms with Crippen LogP contribution in [0, 0.1) is 12.8 Å². The summed E-state index contributed by atoms with van der Waals surface area (Å²) in [6.07, 6.45) is 14.1. The Hall–Kier alpha value is -2.59. The highest BCUT2D eigenvalue weighted by atomic mass is 16.1. The molecule has 204 valence electrons. The number of hydrogen-bond acceptors (Lipinski definition) is 4. The average Bonchev–Trinajstić information content (AvgIpc) is 3.33. The monoisotopic (exact) mass is 513 g/mol. The van der Waals surface area contributed by atoms with Gasteiger partial charge >= 0.3 is 0 Å². The van der Waals surface area contributed by atoms with Crippen LogP contribution in [0.5, 0.6) is 0 Å². The number of benzene rings is 1. The first-order chi connectivity index (χ1) is 18.3. The van der Waals surface area contributed by atoms with Crippen LogP contribution in [-0.2, 0) is 4.79 Å². The molecule has 4 nitrogen and oxygen atoms in total. The lowest BCUT2D eigenvalue weighted by Crippen LogP contribution is -2.36. The lowest BCUT2D eigenvalue weighted by atomic mass is 9.79. The van der Waals surface area contributed by atoms with Crippen molar-refractivity contribution in [3.8, 4) is 0 Å². The van der Waals surface area contributed by atoms with Gasteiger partial charge in [0, 0.05) is 0 Å². The second kappa shape index (κ2) is 13.0. The largest absolute Gasteiger partial charge is 0.299 e. The summed E-state index contributed by atoms with van der Waals surface area (Å²) >= 11 is 0. The average molecular weight is 514 g/mol. The smallest absolute Gasteiger partial charge is 0.143 e. The van der Waals surface area contributed by atoms with Gasteiger partial charge in [-0.25, -0.2) is 4.99 Å². The van der Waals surface area contributed by atoms with Gasteiger partial charge < -0.3 is 0 Å². The Morgan fingerprint density at radius 3 is 2.55 bits per heavy atom. The Labute approximate surface area is 230 Å². The summed E-state index contributed by atoms with van der Waals surface area (Å²) in [5.74, 6) is 1.25. The van der Waals surface area contributed by atoms with Crippen molar-refractivity contribution >= 4 is 23.4 Å². The fraction of sp³-hybridized carbons (Fsp3) is 0.559. The summed E-state index contributed by atoms with van der Waals surface area (Å²) in [5, 5.41) is 0. The number of aryl methyl sites for hydroxylation is 1. The normalized spacial score (nSPS) is 24.1. The molecule has 0 aromatic heterocycles. The minimum atomic E-state index is 0.225. The molecule has 1 aromatic carbocycles. The summed E-state index contributed by atoms with van der Waals surface area (Å²) in [7, 11) is 0. The van der Waals surface area contributed by atoms with Crippen molar-refractivity contribution in [2.45, 2.75) is 98.4 Å². The predicted molar refractivity (Wildman–Crippen MR) is 162 cm³/mol. The lowest BCUT2D eigenvalue weighted by molar-refractivity contribution is -0.118. The fourth-order valence-electron chi connectivity index (χ4n) is 6.48. The summed E-state index contributed by atoms with van der Waals surface area (Å²) < 4.78 is 0. The Bertz CT molecular complexity index is 1170. The zero-order valence-electron chi connectivity index (χ0n) is 24.5. The van der Waals surface area contributed by atoms with Gasteiger partial charge in [-0.3, -0.25) is 14.7 Å². The molecule has 0 saturated carbocycles. The molecule has 1 aliphatic carbocycles. The van der Waals surface area contributed by atoms with E-state index in [1.165, 1.54) is 44.7 Å². The van der Waals surface area contributed by atoms with E-state index >= 15 is 0 Å². The predicted octanol–water partition coefficient (Wildman–Crippen LogP) is 7.88. The zero-order valence-corrected chi connectivity index (χ0v) is 24.5. The first-order valence-electron chi connectivity index (χ1n) is 14.9. The molecule has 3 aliphatic rings. The molecule has 1 atom stereocenters. The van der Waals surface area contributed by atoms with Crippen molar-refractivity contribution < 1.29 is 4.79 Å². The maximum absolute atomic E-state index is 11.6. The first kappa shape index (κ1) is 28.4. The van der Waals surface area contributed by atoms with Crippen molar-refractivity contribution in [2.75, 3.05) is 19.6 Å². The maximum atomic E-state index is 11.6. The maximum Gasteiger partial charge on any atom is 0.143 e. The molecule has 4 rings (SSSR count). The lowest BCUT2D eigenvalue weighted by Gasteiger charge is -2.32. The van der Waals surface area contributed by atoms with E-state index in [2.05, 4.69) is 79.9 Å². The van der Waals surface area contributed by atoms with E-state index in [0.29, 0.717) is 18.4 Å². The van der Waals surface area contributed by atoms with E-state index in [4.69, 9.17) is 0 Å². The molecular weight excluding hydrogens is 466 g/mol. The van der Waals surface area contributed by atoms with Crippen LogP contribution in [-0.4, -0.2) is 48.4 Å². The number of aliphatic imine (C=N–C) groups is 2. The molecule has 38 heavy (non-hydrogen) atoms. The molecule has 4 heteroatoms. The van der Waals surface area contributed by atoms with E-state index in [1.54, 1.807) is 13.3 Å². The Balaban J connectivity index is 1.74. The molecule has 1 fully saturated rings. The minimum Gasteiger partial charge on any atom is -0.299 e. The minimum absolute atomic E-state index is 0.225. The van der Waals surface area contributed by atoms with Crippen molar-refractivity contribution in [1.29, 1.82) is 0 Å². The fourth-order valence-corrected chi connectivity index (χ4v) is 6.48. The highest BCUT2D eigenvalue weighted by Gasteiger charge is 2.26. The van der Waals surface area contributed by atoms with Gasteiger partial charge in [0.25, 0.3) is 0 Å². The zero-order chi connectivity index (χ0) is 27.2. The Kier molecular flexibility index (Phi) is 9.70. The summed E-state index contributed by atoms with van der Waals surface area (Å²) in [6, 6.07) is 7.42. The van der Waals surface area contributed by atoms with Crippen LogP contribution < -0.4 is 0 Å². The third-order valence-electron chi connectivity index (χ3n) is 8.41. The number of carbonyl (C=O) groups excluding carboxylic acids is 1. The highest BCUT2D eigenvalue weighted by molar-refractivity contribution is 6.10. The highest BCUT2D eigenvalue weighted by Crippen LogP contribution is 2.39. The van der Waals surface area contributed by atoms with Gasteiger partial charge in [-0.05, 0) is 122 Å². The van der Waals surface area contributed by atoms with E-state index in [0.717, 1.165) is 58.0 Å². The van der Waals surface area contributed by atoms with Gasteiger partial charge in [0.1, 0.15) is 12.1 Å². The number of carbonyl (C=O) groups is 1. The molecule has 1 saturated heterocycles. The number of Topliss-reactive ketones (excluding diaryl/α,β-unsaturated/α-hetero) is 1. The molecule has 0 bridgehead atoms. The first-order valence-corrected chi connectivity index (χ1v) is 14.9. The van der Waals surface area contributed by atoms with Crippen molar-refractivity contribution in [3.63, 3.8) is 0 Å². The molecule has 0 spiro atoms. The molecule has 1 unspecified atom stereocenters. The SMILES string of the molecule is CCCC(/C1=C/CCC2N=CN=C2/C(CC)=C\1)=C(\c1cc(C2CCN(CC(C)=O)CC2)ccc1C)C(C)C. The van der Waals surface area contributed by atoms with E-state index in [-0.39, 0.29) is 11.8 Å². The van der Waals surface area contributed by atoms with E-state index in [9.17, 15) is 4.79 Å². The summed E-state index contributed by atoms with van der Waals surface area (Å²) in [6.45, 7) is 15.8. The number of allylic oxidation sites excluding steroid dienone is 5. The van der Waals surface area contributed by atoms with Crippen LogP contribution in [0.1, 0.15) is 102 Å². The van der Waals surface area contributed by atoms with E-state index in [1.807, 2.05) is 0 Å². The number of rotatable bonds is 9. The van der Waals surface area contributed by atoms with Gasteiger partial charge in [0.2, 0.25) is 0 Å². The molecule has 2 heterocycles. The second-order valence-electron chi connectivity index (χ2n) is 11.7. The van der Waals surface area contributed by atoms with Crippen LogP contribution in [0.15, 0.2) is 57.1 Å². The number of hydrogen-bond donors (Lipinski definition) is 0. The van der Waals surface area contributed by atoms with Gasteiger partial charge in [-0.2, -0.15) is 0 Å². The third-order valence-corrected chi connectivity index (χ3v) is 8.41. The Morgan fingerprint density at radius 2 is 1.89 bits per heavy atom.